The Hall–Kier alpha value is -0.600. The molecule has 2 heteroatoms. The second-order valence-corrected chi connectivity index (χ2v) is 5.28. The Bertz CT molecular complexity index is 380. The van der Waals surface area contributed by atoms with Crippen LogP contribution in [0.15, 0.2) is 34.3 Å². The van der Waals surface area contributed by atoms with Crippen molar-refractivity contribution in [1.29, 1.82) is 0 Å². The maximum atomic E-state index is 3.56. The van der Waals surface area contributed by atoms with Crippen LogP contribution in [-0.4, -0.2) is 12.6 Å². The van der Waals surface area contributed by atoms with Gasteiger partial charge in [0.25, 0.3) is 0 Å². The van der Waals surface area contributed by atoms with E-state index in [9.17, 15) is 0 Å². The van der Waals surface area contributed by atoms with E-state index in [-0.39, 0.29) is 0 Å². The third-order valence-corrected chi connectivity index (χ3v) is 3.36. The van der Waals surface area contributed by atoms with Crippen LogP contribution in [0.2, 0.25) is 0 Å². The SMILES string of the molecule is CCC(=Cc1cccc(Br)c1)CNC1CC1. The zero-order valence-corrected chi connectivity index (χ0v) is 11.3. The Kier molecular flexibility index (Phi) is 4.19. The molecular weight excluding hydrogens is 262 g/mol. The van der Waals surface area contributed by atoms with Crippen LogP contribution in [0.4, 0.5) is 0 Å². The van der Waals surface area contributed by atoms with Gasteiger partial charge in [0.1, 0.15) is 0 Å². The van der Waals surface area contributed by atoms with Crippen molar-refractivity contribution >= 4 is 22.0 Å². The fourth-order valence-corrected chi connectivity index (χ4v) is 2.09. The molecule has 1 aliphatic carbocycles. The van der Waals surface area contributed by atoms with Gasteiger partial charge < -0.3 is 5.32 Å². The first-order chi connectivity index (χ1) is 7.78. The van der Waals surface area contributed by atoms with Crippen molar-refractivity contribution in [1.82, 2.24) is 5.32 Å². The molecule has 0 radical (unpaired) electrons. The first-order valence-corrected chi connectivity index (χ1v) is 6.75. The summed E-state index contributed by atoms with van der Waals surface area (Å²) in [6.45, 7) is 3.26. The van der Waals surface area contributed by atoms with Crippen molar-refractivity contribution in [3.63, 3.8) is 0 Å². The largest absolute Gasteiger partial charge is 0.310 e. The van der Waals surface area contributed by atoms with Crippen LogP contribution in [-0.2, 0) is 0 Å². The van der Waals surface area contributed by atoms with Crippen molar-refractivity contribution in [3.8, 4) is 0 Å². The van der Waals surface area contributed by atoms with Crippen molar-refractivity contribution in [2.45, 2.75) is 32.2 Å². The van der Waals surface area contributed by atoms with E-state index in [1.54, 1.807) is 0 Å². The van der Waals surface area contributed by atoms with E-state index in [0.717, 1.165) is 23.5 Å². The van der Waals surface area contributed by atoms with E-state index >= 15 is 0 Å². The highest BCUT2D eigenvalue weighted by atomic mass is 79.9. The number of hydrogen-bond donors (Lipinski definition) is 1. The van der Waals surface area contributed by atoms with Crippen molar-refractivity contribution in [2.24, 2.45) is 0 Å². The van der Waals surface area contributed by atoms with Gasteiger partial charge in [-0.1, -0.05) is 46.6 Å². The minimum absolute atomic E-state index is 0.789. The van der Waals surface area contributed by atoms with Gasteiger partial charge in [0, 0.05) is 17.1 Å². The normalized spacial score (nSPS) is 16.5. The first-order valence-electron chi connectivity index (χ1n) is 5.96. The predicted molar refractivity (Wildman–Crippen MR) is 73.4 cm³/mol. The maximum Gasteiger partial charge on any atom is 0.0181 e. The average Bonchev–Trinajstić information content (AvgIpc) is 3.08. The molecule has 1 saturated carbocycles. The van der Waals surface area contributed by atoms with E-state index in [1.807, 2.05) is 0 Å². The highest BCUT2D eigenvalue weighted by Gasteiger charge is 2.19. The smallest absolute Gasteiger partial charge is 0.0181 e. The fourth-order valence-electron chi connectivity index (χ4n) is 1.67. The van der Waals surface area contributed by atoms with Crippen LogP contribution < -0.4 is 5.32 Å². The van der Waals surface area contributed by atoms with Gasteiger partial charge in [0.2, 0.25) is 0 Å². The third kappa shape index (κ3) is 3.76. The van der Waals surface area contributed by atoms with Gasteiger partial charge in [0.15, 0.2) is 0 Å². The molecular formula is C14H18BrN. The first kappa shape index (κ1) is 11.9. The Balaban J connectivity index is 2.00. The number of nitrogens with one attached hydrogen (secondary N) is 1. The van der Waals surface area contributed by atoms with Crippen LogP contribution in [0.25, 0.3) is 6.08 Å². The molecule has 0 atom stereocenters. The molecule has 0 aliphatic heterocycles. The number of benzene rings is 1. The van der Waals surface area contributed by atoms with Crippen LogP contribution in [0.5, 0.6) is 0 Å². The number of rotatable bonds is 5. The van der Waals surface area contributed by atoms with E-state index in [2.05, 4.69) is 58.5 Å². The Morgan fingerprint density at radius 3 is 2.94 bits per heavy atom. The summed E-state index contributed by atoms with van der Waals surface area (Å²) in [4.78, 5) is 0. The molecule has 1 aromatic carbocycles. The number of hydrogen-bond acceptors (Lipinski definition) is 1. The van der Waals surface area contributed by atoms with Gasteiger partial charge >= 0.3 is 0 Å². The van der Waals surface area contributed by atoms with Crippen LogP contribution in [0.3, 0.4) is 0 Å². The highest BCUT2D eigenvalue weighted by Crippen LogP contribution is 2.20. The van der Waals surface area contributed by atoms with E-state index in [4.69, 9.17) is 0 Å². The molecule has 86 valence electrons. The Morgan fingerprint density at radius 2 is 2.31 bits per heavy atom. The van der Waals surface area contributed by atoms with Crippen LogP contribution in [0.1, 0.15) is 31.7 Å². The molecule has 0 heterocycles. The van der Waals surface area contributed by atoms with Gasteiger partial charge in [-0.15, -0.1) is 0 Å². The van der Waals surface area contributed by atoms with Crippen LogP contribution >= 0.6 is 15.9 Å². The van der Waals surface area contributed by atoms with Gasteiger partial charge in [-0.3, -0.25) is 0 Å². The Morgan fingerprint density at radius 1 is 1.50 bits per heavy atom. The quantitative estimate of drug-likeness (QED) is 0.859. The molecule has 16 heavy (non-hydrogen) atoms. The summed E-state index contributed by atoms with van der Waals surface area (Å²) in [6, 6.07) is 9.24. The molecule has 0 unspecified atom stereocenters. The lowest BCUT2D eigenvalue weighted by Crippen LogP contribution is -2.18. The summed E-state index contributed by atoms with van der Waals surface area (Å²) >= 11 is 3.50. The molecule has 1 aliphatic rings. The topological polar surface area (TPSA) is 12.0 Å². The van der Waals surface area contributed by atoms with Crippen LogP contribution in [0, 0.1) is 0 Å². The maximum absolute atomic E-state index is 3.56. The molecule has 1 N–H and O–H groups in total. The number of halogens is 1. The van der Waals surface area contributed by atoms with Gasteiger partial charge in [0.05, 0.1) is 0 Å². The second kappa shape index (κ2) is 5.65. The van der Waals surface area contributed by atoms with Gasteiger partial charge in [-0.2, -0.15) is 0 Å². The lowest BCUT2D eigenvalue weighted by molar-refractivity contribution is 0.723. The van der Waals surface area contributed by atoms with Crippen molar-refractivity contribution < 1.29 is 0 Å². The second-order valence-electron chi connectivity index (χ2n) is 4.37. The molecule has 0 aromatic heterocycles. The minimum Gasteiger partial charge on any atom is -0.310 e. The predicted octanol–water partition coefficient (Wildman–Crippen LogP) is 3.99. The summed E-state index contributed by atoms with van der Waals surface area (Å²) in [5, 5.41) is 3.56. The van der Waals surface area contributed by atoms with Gasteiger partial charge in [-0.25, -0.2) is 0 Å². The van der Waals surface area contributed by atoms with Crippen molar-refractivity contribution in [3.05, 3.63) is 39.9 Å². The lowest BCUT2D eigenvalue weighted by Gasteiger charge is -2.06. The zero-order valence-electron chi connectivity index (χ0n) is 9.67. The van der Waals surface area contributed by atoms with E-state index in [0.29, 0.717) is 0 Å². The fraction of sp³-hybridized carbons (Fsp3) is 0.429. The minimum atomic E-state index is 0.789. The summed E-state index contributed by atoms with van der Waals surface area (Å²) in [5.74, 6) is 0. The average molecular weight is 280 g/mol. The zero-order chi connectivity index (χ0) is 11.4. The lowest BCUT2D eigenvalue weighted by atomic mass is 10.1. The Labute approximate surface area is 106 Å². The molecule has 1 aromatic rings. The summed E-state index contributed by atoms with van der Waals surface area (Å²) < 4.78 is 1.15. The molecule has 0 amide bonds. The molecule has 1 nitrogen and oxygen atoms in total. The standard InChI is InChI=1S/C14H18BrN/c1-2-11(10-16-14-6-7-14)8-12-4-3-5-13(15)9-12/h3-5,8-9,14,16H,2,6-7,10H2,1H3. The molecule has 0 spiro atoms. The van der Waals surface area contributed by atoms with Gasteiger partial charge in [-0.05, 0) is 37.0 Å². The molecule has 0 bridgehead atoms. The highest BCUT2D eigenvalue weighted by molar-refractivity contribution is 9.10. The van der Waals surface area contributed by atoms with Crippen molar-refractivity contribution in [2.75, 3.05) is 6.54 Å². The molecule has 0 saturated heterocycles. The monoisotopic (exact) mass is 279 g/mol. The summed E-state index contributed by atoms with van der Waals surface area (Å²) in [5.41, 5.74) is 2.76. The van der Waals surface area contributed by atoms with E-state index in [1.165, 1.54) is 24.0 Å². The molecule has 2 rings (SSSR count). The molecule has 1 fully saturated rings. The third-order valence-electron chi connectivity index (χ3n) is 2.87. The summed E-state index contributed by atoms with van der Waals surface area (Å²) in [7, 11) is 0. The summed E-state index contributed by atoms with van der Waals surface area (Å²) in [6.07, 6.45) is 6.12. The van der Waals surface area contributed by atoms with E-state index < -0.39 is 0 Å².